The number of rotatable bonds is 15. The predicted molar refractivity (Wildman–Crippen MR) is 100 cm³/mol. The molecule has 10 atom stereocenters. The van der Waals surface area contributed by atoms with Crippen LogP contribution in [0.1, 0.15) is 6.42 Å². The van der Waals surface area contributed by atoms with E-state index in [1.54, 1.807) is 0 Å². The number of hydrogen-bond acceptors (Lipinski definition) is 16. The summed E-state index contributed by atoms with van der Waals surface area (Å²) in [5, 5.41) is 112. The van der Waals surface area contributed by atoms with Gasteiger partial charge in [0.05, 0.1) is 19.6 Å². The van der Waals surface area contributed by atoms with Crippen LogP contribution in [0.15, 0.2) is 12.2 Å². The Morgan fingerprint density at radius 2 is 0.970 bits per heavy atom. The summed E-state index contributed by atoms with van der Waals surface area (Å²) >= 11 is 0. The number of carbonyl (C=O) groups is 2. The van der Waals surface area contributed by atoms with Crippen LogP contribution in [-0.4, -0.2) is 148 Å². The maximum atomic E-state index is 11.8. The van der Waals surface area contributed by atoms with Crippen LogP contribution >= 0.6 is 0 Å². The molecule has 0 aromatic carbocycles. The lowest BCUT2D eigenvalue weighted by atomic mass is 10.0. The molecule has 33 heavy (non-hydrogen) atoms. The molecule has 16 heteroatoms. The second-order valence-electron chi connectivity index (χ2n) is 6.90. The lowest BCUT2D eigenvalue weighted by Gasteiger charge is -2.28. The minimum Gasteiger partial charge on any atom is -0.433 e. The summed E-state index contributed by atoms with van der Waals surface area (Å²) in [5.41, 5.74) is -0.727. The van der Waals surface area contributed by atoms with Crippen molar-refractivity contribution in [2.75, 3.05) is 13.2 Å². The molecule has 0 amide bonds. The molecule has 0 rings (SSSR count). The molecule has 0 aromatic rings. The average Bonchev–Trinajstić information content (AvgIpc) is 2.79. The molecule has 2 unspecified atom stereocenters. The average molecular weight is 490 g/mol. The van der Waals surface area contributed by atoms with E-state index in [1.165, 1.54) is 0 Å². The van der Waals surface area contributed by atoms with Crippen molar-refractivity contribution < 1.29 is 80.3 Å². The van der Waals surface area contributed by atoms with Crippen molar-refractivity contribution in [2.24, 2.45) is 0 Å². The Bertz CT molecular complexity index is 628. The van der Waals surface area contributed by atoms with Crippen LogP contribution in [-0.2, 0) is 19.1 Å². The second-order valence-corrected chi connectivity index (χ2v) is 6.90. The summed E-state index contributed by atoms with van der Waals surface area (Å²) < 4.78 is 8.65. The number of ether oxygens (including phenoxy) is 2. The smallest absolute Gasteiger partial charge is 0.336 e. The van der Waals surface area contributed by atoms with E-state index in [9.17, 15) is 60.7 Å². The van der Waals surface area contributed by atoms with E-state index < -0.39 is 98.6 Å². The third-order valence-electron chi connectivity index (χ3n) is 4.27. The Hall–Kier alpha value is -1.80. The number of carbonyl (C=O) groups excluding carboxylic acids is 2. The maximum absolute atomic E-state index is 11.8. The molecule has 194 valence electrons. The van der Waals surface area contributed by atoms with Gasteiger partial charge in [-0.1, -0.05) is 6.58 Å². The Morgan fingerprint density at radius 3 is 1.33 bits per heavy atom. The minimum atomic E-state index is -2.48. The Balaban J connectivity index is 4.77. The van der Waals surface area contributed by atoms with Crippen LogP contribution in [0.4, 0.5) is 0 Å². The highest BCUT2D eigenvalue weighted by Gasteiger charge is 2.37. The molecule has 0 bridgehead atoms. The van der Waals surface area contributed by atoms with E-state index in [0.29, 0.717) is 0 Å². The van der Waals surface area contributed by atoms with Gasteiger partial charge in [0.2, 0.25) is 12.6 Å². The molecule has 0 aromatic heterocycles. The van der Waals surface area contributed by atoms with Gasteiger partial charge in [0.1, 0.15) is 48.8 Å². The molecule has 0 radical (unpaired) electrons. The SMILES string of the molecule is C=C(CC(=O)OC(O)[C@H](O)[C@@H](O)[C@H](O)[C@H](O)CO)C(=O)OC(O)[C@H](O)[C@@H](O)[C@H](O)[C@H](O)CO. The summed E-state index contributed by atoms with van der Waals surface area (Å²) in [7, 11) is 0. The van der Waals surface area contributed by atoms with E-state index in [1.807, 2.05) is 0 Å². The first kappa shape index (κ1) is 31.2. The van der Waals surface area contributed by atoms with Gasteiger partial charge in [-0.3, -0.25) is 4.79 Å². The van der Waals surface area contributed by atoms with Crippen LogP contribution < -0.4 is 0 Å². The van der Waals surface area contributed by atoms with Crippen molar-refractivity contribution in [1.82, 2.24) is 0 Å². The molecule has 0 aliphatic carbocycles. The quantitative estimate of drug-likeness (QED) is 0.0576. The van der Waals surface area contributed by atoms with Crippen LogP contribution in [0.25, 0.3) is 0 Å². The molecular weight excluding hydrogens is 460 g/mol. The zero-order valence-corrected chi connectivity index (χ0v) is 17.1. The molecular formula is C17H30O16. The van der Waals surface area contributed by atoms with Gasteiger partial charge in [-0.15, -0.1) is 0 Å². The number of aliphatic hydroxyl groups excluding tert-OH is 12. The lowest BCUT2D eigenvalue weighted by Crippen LogP contribution is -2.51. The second kappa shape index (κ2) is 14.5. The van der Waals surface area contributed by atoms with Crippen LogP contribution in [0.5, 0.6) is 0 Å². The first-order valence-electron chi connectivity index (χ1n) is 9.30. The summed E-state index contributed by atoms with van der Waals surface area (Å²) in [6, 6.07) is 0. The first-order chi connectivity index (χ1) is 15.2. The van der Waals surface area contributed by atoms with Gasteiger partial charge in [0.15, 0.2) is 0 Å². The van der Waals surface area contributed by atoms with Crippen LogP contribution in [0.3, 0.4) is 0 Å². The van der Waals surface area contributed by atoms with Crippen LogP contribution in [0.2, 0.25) is 0 Å². The predicted octanol–water partition coefficient (Wildman–Crippen LogP) is -7.47. The van der Waals surface area contributed by atoms with Gasteiger partial charge >= 0.3 is 11.9 Å². The monoisotopic (exact) mass is 490 g/mol. The molecule has 0 saturated carbocycles. The van der Waals surface area contributed by atoms with Crippen molar-refractivity contribution in [2.45, 2.75) is 67.8 Å². The topological polar surface area (TPSA) is 295 Å². The normalized spacial score (nSPS) is 20.8. The fourth-order valence-electron chi connectivity index (χ4n) is 2.17. The molecule has 16 nitrogen and oxygen atoms in total. The van der Waals surface area contributed by atoms with E-state index in [2.05, 4.69) is 16.1 Å². The Kier molecular flexibility index (Phi) is 13.7. The largest absolute Gasteiger partial charge is 0.433 e. The summed E-state index contributed by atoms with van der Waals surface area (Å²) in [4.78, 5) is 23.6. The van der Waals surface area contributed by atoms with Crippen molar-refractivity contribution >= 4 is 11.9 Å². The molecule has 0 spiro atoms. The number of esters is 2. The lowest BCUT2D eigenvalue weighted by molar-refractivity contribution is -0.215. The molecule has 0 saturated heterocycles. The maximum Gasteiger partial charge on any atom is 0.336 e. The van der Waals surface area contributed by atoms with E-state index in [4.69, 9.17) is 10.2 Å². The molecule has 0 heterocycles. The molecule has 0 aliphatic heterocycles. The van der Waals surface area contributed by atoms with Crippen LogP contribution in [0, 0.1) is 0 Å². The molecule has 0 fully saturated rings. The van der Waals surface area contributed by atoms with Gasteiger partial charge in [-0.05, 0) is 0 Å². The zero-order chi connectivity index (χ0) is 26.0. The molecule has 0 aliphatic rings. The standard InChI is InChI=1S/C17H30O16/c1-5(15(29)33-17(31)14(28)12(26)10(24)7(21)4-19)2-8(22)32-16(30)13(27)11(25)9(23)6(20)3-18/h6-7,9-14,16-21,23-28,30-31H,1-4H2/t6-,7-,9-,10-,11+,12+,13-,14-,16?,17?/m1/s1. The van der Waals surface area contributed by atoms with Gasteiger partial charge in [0, 0.05) is 5.57 Å². The van der Waals surface area contributed by atoms with E-state index >= 15 is 0 Å². The van der Waals surface area contributed by atoms with E-state index in [0.717, 1.165) is 0 Å². The zero-order valence-electron chi connectivity index (χ0n) is 17.1. The van der Waals surface area contributed by atoms with Gasteiger partial charge in [-0.2, -0.15) is 0 Å². The van der Waals surface area contributed by atoms with Crippen molar-refractivity contribution in [1.29, 1.82) is 0 Å². The highest BCUT2D eigenvalue weighted by atomic mass is 16.7. The van der Waals surface area contributed by atoms with Crippen molar-refractivity contribution in [3.63, 3.8) is 0 Å². The first-order valence-corrected chi connectivity index (χ1v) is 9.30. The van der Waals surface area contributed by atoms with E-state index in [-0.39, 0.29) is 0 Å². The minimum absolute atomic E-state index is 0.727. The third-order valence-corrected chi connectivity index (χ3v) is 4.27. The number of aliphatic hydroxyl groups is 12. The highest BCUT2D eigenvalue weighted by Crippen LogP contribution is 2.14. The number of hydrogen-bond donors (Lipinski definition) is 12. The van der Waals surface area contributed by atoms with Gasteiger partial charge < -0.3 is 70.8 Å². The highest BCUT2D eigenvalue weighted by molar-refractivity contribution is 5.93. The summed E-state index contributed by atoms with van der Waals surface area (Å²) in [6.45, 7) is 1.13. The molecule has 12 N–H and O–H groups in total. The van der Waals surface area contributed by atoms with Gasteiger partial charge in [-0.25, -0.2) is 4.79 Å². The third kappa shape index (κ3) is 9.53. The van der Waals surface area contributed by atoms with Crippen molar-refractivity contribution in [3.05, 3.63) is 12.2 Å². The summed E-state index contributed by atoms with van der Waals surface area (Å²) in [5.74, 6) is -2.94. The summed E-state index contributed by atoms with van der Waals surface area (Å²) in [6.07, 6.45) is -23.2. The Labute approximate surface area is 186 Å². The fraction of sp³-hybridized carbons (Fsp3) is 0.765. The van der Waals surface area contributed by atoms with Gasteiger partial charge in [0.25, 0.3) is 0 Å². The Morgan fingerprint density at radius 1 is 0.606 bits per heavy atom. The fourth-order valence-corrected chi connectivity index (χ4v) is 2.17. The van der Waals surface area contributed by atoms with Crippen molar-refractivity contribution in [3.8, 4) is 0 Å².